The highest BCUT2D eigenvalue weighted by molar-refractivity contribution is 5.39. The topological polar surface area (TPSA) is 12.0 Å². The molecular formula is C19H29N. The molecule has 0 amide bonds. The van der Waals surface area contributed by atoms with Crippen LogP contribution >= 0.6 is 0 Å². The molecule has 2 aliphatic rings. The summed E-state index contributed by atoms with van der Waals surface area (Å²) >= 11 is 0. The van der Waals surface area contributed by atoms with E-state index in [0.29, 0.717) is 11.5 Å². The van der Waals surface area contributed by atoms with Gasteiger partial charge in [-0.1, -0.05) is 38.1 Å². The van der Waals surface area contributed by atoms with Crippen LogP contribution in [0.5, 0.6) is 0 Å². The van der Waals surface area contributed by atoms with Crippen molar-refractivity contribution in [2.45, 2.75) is 64.3 Å². The second-order valence-electron chi connectivity index (χ2n) is 7.73. The Morgan fingerprint density at radius 1 is 1.20 bits per heavy atom. The second kappa shape index (κ2) is 5.52. The van der Waals surface area contributed by atoms with Crippen LogP contribution in [0.2, 0.25) is 0 Å². The van der Waals surface area contributed by atoms with Crippen LogP contribution < -0.4 is 5.32 Å². The molecule has 3 rings (SSSR count). The van der Waals surface area contributed by atoms with Gasteiger partial charge in [0.2, 0.25) is 0 Å². The summed E-state index contributed by atoms with van der Waals surface area (Å²) in [6.07, 6.45) is 8.25. The number of nitrogens with one attached hydrogen (secondary N) is 1. The van der Waals surface area contributed by atoms with Crippen molar-refractivity contribution >= 4 is 0 Å². The third-order valence-corrected chi connectivity index (χ3v) is 5.82. The summed E-state index contributed by atoms with van der Waals surface area (Å²) in [6.45, 7) is 4.86. The number of hydrogen-bond acceptors (Lipinski definition) is 1. The lowest BCUT2D eigenvalue weighted by atomic mass is 9.67. The molecule has 2 aliphatic carbocycles. The highest BCUT2D eigenvalue weighted by Gasteiger charge is 2.34. The molecule has 0 heterocycles. The van der Waals surface area contributed by atoms with E-state index in [1.165, 1.54) is 38.5 Å². The largest absolute Gasteiger partial charge is 0.317 e. The summed E-state index contributed by atoms with van der Waals surface area (Å²) in [6, 6.07) is 9.71. The van der Waals surface area contributed by atoms with Crippen LogP contribution in [-0.2, 0) is 6.42 Å². The number of rotatable bonds is 4. The lowest BCUT2D eigenvalue weighted by Gasteiger charge is -2.40. The van der Waals surface area contributed by atoms with Crippen molar-refractivity contribution in [1.82, 2.24) is 5.32 Å². The first-order chi connectivity index (χ1) is 9.59. The molecule has 0 aromatic heterocycles. The summed E-state index contributed by atoms with van der Waals surface area (Å²) in [7, 11) is 2.16. The molecule has 2 unspecified atom stereocenters. The zero-order valence-corrected chi connectivity index (χ0v) is 13.3. The van der Waals surface area contributed by atoms with Crippen LogP contribution in [0, 0.1) is 11.3 Å². The number of benzene rings is 1. The molecule has 110 valence electrons. The summed E-state index contributed by atoms with van der Waals surface area (Å²) < 4.78 is 0. The maximum atomic E-state index is 3.63. The molecule has 0 bridgehead atoms. The Morgan fingerprint density at radius 3 is 2.55 bits per heavy atom. The van der Waals surface area contributed by atoms with E-state index >= 15 is 0 Å². The fraction of sp³-hybridized carbons (Fsp3) is 0.684. The van der Waals surface area contributed by atoms with E-state index in [1.807, 2.05) is 0 Å². The first-order valence-electron chi connectivity index (χ1n) is 8.34. The van der Waals surface area contributed by atoms with E-state index in [1.54, 1.807) is 11.1 Å². The molecule has 1 fully saturated rings. The summed E-state index contributed by atoms with van der Waals surface area (Å²) in [4.78, 5) is 0. The molecule has 0 saturated heterocycles. The van der Waals surface area contributed by atoms with Crippen molar-refractivity contribution in [3.63, 3.8) is 0 Å². The molecule has 1 saturated carbocycles. The van der Waals surface area contributed by atoms with Crippen LogP contribution in [-0.4, -0.2) is 13.1 Å². The first-order valence-corrected chi connectivity index (χ1v) is 8.34. The van der Waals surface area contributed by atoms with E-state index < -0.39 is 0 Å². The van der Waals surface area contributed by atoms with E-state index in [0.717, 1.165) is 11.8 Å². The third-order valence-electron chi connectivity index (χ3n) is 5.82. The molecule has 1 N–H and O–H groups in total. The van der Waals surface area contributed by atoms with Crippen molar-refractivity contribution in [2.75, 3.05) is 7.05 Å². The van der Waals surface area contributed by atoms with Gasteiger partial charge in [-0.15, -0.1) is 0 Å². The van der Waals surface area contributed by atoms with Gasteiger partial charge in [-0.25, -0.2) is 0 Å². The fourth-order valence-corrected chi connectivity index (χ4v) is 4.25. The van der Waals surface area contributed by atoms with Gasteiger partial charge in [0.15, 0.2) is 0 Å². The minimum absolute atomic E-state index is 0.581. The lowest BCUT2D eigenvalue weighted by molar-refractivity contribution is 0.156. The third kappa shape index (κ3) is 2.79. The second-order valence-corrected chi connectivity index (χ2v) is 7.73. The van der Waals surface area contributed by atoms with Crippen LogP contribution in [0.25, 0.3) is 0 Å². The van der Waals surface area contributed by atoms with Gasteiger partial charge in [0.25, 0.3) is 0 Å². The molecular weight excluding hydrogens is 242 g/mol. The predicted octanol–water partition coefficient (Wildman–Crippen LogP) is 4.52. The minimum Gasteiger partial charge on any atom is -0.317 e. The molecule has 1 heteroatoms. The molecule has 2 atom stereocenters. The Kier molecular flexibility index (Phi) is 3.90. The molecule has 0 radical (unpaired) electrons. The van der Waals surface area contributed by atoms with Crippen LogP contribution in [0.3, 0.4) is 0 Å². The maximum Gasteiger partial charge on any atom is 0.00982 e. The predicted molar refractivity (Wildman–Crippen MR) is 86.1 cm³/mol. The van der Waals surface area contributed by atoms with Crippen LogP contribution in [0.1, 0.15) is 63.0 Å². The zero-order valence-electron chi connectivity index (χ0n) is 13.3. The summed E-state index contributed by atoms with van der Waals surface area (Å²) in [5.74, 6) is 1.69. The van der Waals surface area contributed by atoms with E-state index in [9.17, 15) is 0 Å². The quantitative estimate of drug-likeness (QED) is 0.849. The summed E-state index contributed by atoms with van der Waals surface area (Å²) in [5.41, 5.74) is 3.78. The van der Waals surface area contributed by atoms with Gasteiger partial charge >= 0.3 is 0 Å². The summed E-state index contributed by atoms with van der Waals surface area (Å²) in [5, 5.41) is 3.63. The number of hydrogen-bond donors (Lipinski definition) is 1. The first kappa shape index (κ1) is 14.1. The molecule has 1 aromatic rings. The maximum absolute atomic E-state index is 3.63. The van der Waals surface area contributed by atoms with E-state index in [4.69, 9.17) is 0 Å². The van der Waals surface area contributed by atoms with Gasteiger partial charge in [0.1, 0.15) is 0 Å². The highest BCUT2D eigenvalue weighted by Crippen LogP contribution is 2.43. The van der Waals surface area contributed by atoms with Crippen molar-refractivity contribution in [3.05, 3.63) is 35.4 Å². The fourth-order valence-electron chi connectivity index (χ4n) is 4.25. The monoisotopic (exact) mass is 271 g/mol. The molecule has 1 nitrogen and oxygen atoms in total. The van der Waals surface area contributed by atoms with Crippen LogP contribution in [0.4, 0.5) is 0 Å². The Morgan fingerprint density at radius 2 is 1.90 bits per heavy atom. The Hall–Kier alpha value is -0.820. The SMILES string of the molecule is CNC(CC1Cc2ccccc21)C1CCC(C)(C)CC1. The lowest BCUT2D eigenvalue weighted by Crippen LogP contribution is -2.39. The van der Waals surface area contributed by atoms with Gasteiger partial charge in [-0.3, -0.25) is 0 Å². The van der Waals surface area contributed by atoms with E-state index in [-0.39, 0.29) is 0 Å². The molecule has 0 spiro atoms. The van der Waals surface area contributed by atoms with Gasteiger partial charge in [0.05, 0.1) is 0 Å². The van der Waals surface area contributed by atoms with Crippen molar-refractivity contribution < 1.29 is 0 Å². The molecule has 1 aromatic carbocycles. The Bertz CT molecular complexity index is 453. The van der Waals surface area contributed by atoms with Gasteiger partial charge < -0.3 is 5.32 Å². The minimum atomic E-state index is 0.581. The van der Waals surface area contributed by atoms with Gasteiger partial charge in [-0.05, 0) is 74.0 Å². The Labute approximate surface area is 124 Å². The van der Waals surface area contributed by atoms with Crippen molar-refractivity contribution in [2.24, 2.45) is 11.3 Å². The average Bonchev–Trinajstić information content (AvgIpc) is 2.41. The van der Waals surface area contributed by atoms with Crippen molar-refractivity contribution in [1.29, 1.82) is 0 Å². The van der Waals surface area contributed by atoms with Crippen LogP contribution in [0.15, 0.2) is 24.3 Å². The smallest absolute Gasteiger partial charge is 0.00982 e. The van der Waals surface area contributed by atoms with E-state index in [2.05, 4.69) is 50.5 Å². The Balaban J connectivity index is 1.59. The average molecular weight is 271 g/mol. The van der Waals surface area contributed by atoms with Gasteiger partial charge in [0, 0.05) is 6.04 Å². The zero-order chi connectivity index (χ0) is 14.2. The van der Waals surface area contributed by atoms with Gasteiger partial charge in [-0.2, -0.15) is 0 Å². The normalized spacial score (nSPS) is 26.6. The van der Waals surface area contributed by atoms with Crippen molar-refractivity contribution in [3.8, 4) is 0 Å². The molecule has 20 heavy (non-hydrogen) atoms. The number of fused-ring (bicyclic) bond motifs is 1. The molecule has 0 aliphatic heterocycles. The standard InChI is InChI=1S/C19H29N/c1-19(2)10-8-14(9-11-19)18(20-3)13-16-12-15-6-4-5-7-17(15)16/h4-7,14,16,18,20H,8-13H2,1-3H3. The highest BCUT2D eigenvalue weighted by atomic mass is 14.9.